The van der Waals surface area contributed by atoms with E-state index in [4.69, 9.17) is 5.73 Å². The van der Waals surface area contributed by atoms with Gasteiger partial charge in [-0.1, -0.05) is 6.07 Å². The summed E-state index contributed by atoms with van der Waals surface area (Å²) in [7, 11) is 0. The van der Waals surface area contributed by atoms with E-state index in [2.05, 4.69) is 16.3 Å². The number of nitrogens with two attached hydrogens (primary N) is 1. The highest BCUT2D eigenvalue weighted by Gasteiger charge is 2.25. The lowest BCUT2D eigenvalue weighted by atomic mass is 9.95. The molecule has 1 aromatic rings. The van der Waals surface area contributed by atoms with Crippen LogP contribution in [0.15, 0.2) is 24.3 Å². The Hall–Kier alpha value is -2.24. The molecule has 1 aromatic carbocycles. The maximum Gasteiger partial charge on any atom is 0.321 e. The number of amides is 3. The smallest absolute Gasteiger partial charge is 0.321 e. The molecule has 2 fully saturated rings. The van der Waals surface area contributed by atoms with Crippen molar-refractivity contribution in [1.82, 2.24) is 4.90 Å². The van der Waals surface area contributed by atoms with Crippen LogP contribution in [0.3, 0.4) is 0 Å². The fourth-order valence-electron chi connectivity index (χ4n) is 3.66. The summed E-state index contributed by atoms with van der Waals surface area (Å²) >= 11 is 0. The lowest BCUT2D eigenvalue weighted by Crippen LogP contribution is -2.43. The summed E-state index contributed by atoms with van der Waals surface area (Å²) in [6, 6.07) is 7.93. The number of nitrogens with zero attached hydrogens (tertiary/aromatic N) is 2. The summed E-state index contributed by atoms with van der Waals surface area (Å²) in [6.07, 6.45) is 4.68. The van der Waals surface area contributed by atoms with E-state index in [-0.39, 0.29) is 17.9 Å². The molecule has 24 heavy (non-hydrogen) atoms. The van der Waals surface area contributed by atoms with E-state index in [0.717, 1.165) is 43.9 Å². The molecule has 0 unspecified atom stereocenters. The predicted molar refractivity (Wildman–Crippen MR) is 95.0 cm³/mol. The lowest BCUT2D eigenvalue weighted by molar-refractivity contribution is -0.119. The van der Waals surface area contributed by atoms with Crippen molar-refractivity contribution in [3.05, 3.63) is 24.3 Å². The van der Waals surface area contributed by atoms with Gasteiger partial charge in [-0.05, 0) is 49.8 Å². The molecule has 1 atom stereocenters. The van der Waals surface area contributed by atoms with Crippen molar-refractivity contribution in [1.29, 1.82) is 0 Å². The monoisotopic (exact) mass is 330 g/mol. The van der Waals surface area contributed by atoms with E-state index in [9.17, 15) is 9.59 Å². The van der Waals surface area contributed by atoms with Crippen molar-refractivity contribution in [2.45, 2.75) is 32.1 Å². The van der Waals surface area contributed by atoms with Gasteiger partial charge in [-0.3, -0.25) is 4.79 Å². The first-order chi connectivity index (χ1) is 11.6. The van der Waals surface area contributed by atoms with Gasteiger partial charge in [-0.25, -0.2) is 4.79 Å². The maximum absolute atomic E-state index is 12.5. The van der Waals surface area contributed by atoms with Crippen LogP contribution in [0.2, 0.25) is 0 Å². The van der Waals surface area contributed by atoms with Gasteiger partial charge in [0.25, 0.3) is 0 Å². The summed E-state index contributed by atoms with van der Waals surface area (Å²) in [5.74, 6) is -0.112. The standard InChI is InChI=1S/C18H26N4O2/c19-17(23)11-14-5-4-10-22(13-14)18(24)20-15-6-3-7-16(12-15)21-8-1-2-9-21/h3,6-7,12,14H,1-2,4-5,8-11,13H2,(H2,19,23)(H,20,24)/t14-/m1/s1. The molecule has 0 radical (unpaired) electrons. The summed E-state index contributed by atoms with van der Waals surface area (Å²) in [4.78, 5) is 27.8. The molecule has 0 saturated carbocycles. The molecule has 130 valence electrons. The number of piperidine rings is 1. The number of likely N-dealkylation sites (tertiary alicyclic amines) is 1. The minimum Gasteiger partial charge on any atom is -0.371 e. The molecular weight excluding hydrogens is 304 g/mol. The van der Waals surface area contributed by atoms with Gasteiger partial charge < -0.3 is 20.9 Å². The predicted octanol–water partition coefficient (Wildman–Crippen LogP) is 2.41. The number of rotatable bonds is 4. The van der Waals surface area contributed by atoms with Gasteiger partial charge in [-0.15, -0.1) is 0 Å². The highest BCUT2D eigenvalue weighted by Crippen LogP contribution is 2.24. The van der Waals surface area contributed by atoms with Crippen molar-refractivity contribution in [2.75, 3.05) is 36.4 Å². The average molecular weight is 330 g/mol. The number of nitrogens with one attached hydrogen (secondary N) is 1. The molecule has 6 nitrogen and oxygen atoms in total. The molecule has 0 bridgehead atoms. The molecule has 0 aromatic heterocycles. The van der Waals surface area contributed by atoms with Crippen molar-refractivity contribution in [3.8, 4) is 0 Å². The Kier molecular flexibility index (Phi) is 5.23. The quantitative estimate of drug-likeness (QED) is 0.890. The molecular formula is C18H26N4O2. The topological polar surface area (TPSA) is 78.7 Å². The van der Waals surface area contributed by atoms with E-state index < -0.39 is 0 Å². The second-order valence-corrected chi connectivity index (χ2v) is 6.80. The van der Waals surface area contributed by atoms with Crippen LogP contribution < -0.4 is 16.0 Å². The van der Waals surface area contributed by atoms with Gasteiger partial charge in [0.2, 0.25) is 5.91 Å². The van der Waals surface area contributed by atoms with Gasteiger partial charge in [0.1, 0.15) is 0 Å². The largest absolute Gasteiger partial charge is 0.371 e. The SMILES string of the molecule is NC(=O)C[C@H]1CCCN(C(=O)Nc2cccc(N3CCCC3)c2)C1. The minimum atomic E-state index is -0.291. The number of anilines is 2. The van der Waals surface area contributed by atoms with Crippen LogP contribution in [0.25, 0.3) is 0 Å². The van der Waals surface area contributed by atoms with Gasteiger partial charge in [0, 0.05) is 44.0 Å². The van der Waals surface area contributed by atoms with Gasteiger partial charge >= 0.3 is 6.03 Å². The van der Waals surface area contributed by atoms with Gasteiger partial charge in [-0.2, -0.15) is 0 Å². The molecule has 6 heteroatoms. The first kappa shape index (κ1) is 16.6. The average Bonchev–Trinajstić information content (AvgIpc) is 3.09. The molecule has 0 spiro atoms. The summed E-state index contributed by atoms with van der Waals surface area (Å²) in [5, 5.41) is 2.99. The number of urea groups is 1. The number of carbonyl (C=O) groups excluding carboxylic acids is 2. The Morgan fingerprint density at radius 3 is 2.71 bits per heavy atom. The Morgan fingerprint density at radius 2 is 1.96 bits per heavy atom. The van der Waals surface area contributed by atoms with Gasteiger partial charge in [0.15, 0.2) is 0 Å². The second-order valence-electron chi connectivity index (χ2n) is 6.80. The molecule has 3 N–H and O–H groups in total. The summed E-state index contributed by atoms with van der Waals surface area (Å²) in [6.45, 7) is 3.49. The van der Waals surface area contributed by atoms with Crippen LogP contribution in [-0.4, -0.2) is 43.0 Å². The molecule has 3 rings (SSSR count). The van der Waals surface area contributed by atoms with E-state index >= 15 is 0 Å². The first-order valence-corrected chi connectivity index (χ1v) is 8.81. The molecule has 2 aliphatic heterocycles. The van der Waals surface area contributed by atoms with Crippen LogP contribution in [0, 0.1) is 5.92 Å². The number of benzene rings is 1. The van der Waals surface area contributed by atoms with Crippen LogP contribution in [0.5, 0.6) is 0 Å². The number of primary amides is 1. The van der Waals surface area contributed by atoms with E-state index in [1.807, 2.05) is 18.2 Å². The Morgan fingerprint density at radius 1 is 1.17 bits per heavy atom. The Bertz CT molecular complexity index is 598. The number of carbonyl (C=O) groups is 2. The molecule has 3 amide bonds. The molecule has 2 aliphatic rings. The van der Waals surface area contributed by atoms with E-state index in [1.165, 1.54) is 12.8 Å². The van der Waals surface area contributed by atoms with Gasteiger partial charge in [0.05, 0.1) is 0 Å². The zero-order chi connectivity index (χ0) is 16.9. The van der Waals surface area contributed by atoms with E-state index in [1.54, 1.807) is 4.90 Å². The third-order valence-corrected chi connectivity index (χ3v) is 4.86. The fraction of sp³-hybridized carbons (Fsp3) is 0.556. The second kappa shape index (κ2) is 7.55. The van der Waals surface area contributed by atoms with Crippen LogP contribution in [0.1, 0.15) is 32.1 Å². The Balaban J connectivity index is 1.59. The Labute approximate surface area is 143 Å². The van der Waals surface area contributed by atoms with Crippen LogP contribution in [0.4, 0.5) is 16.2 Å². The molecule has 2 saturated heterocycles. The maximum atomic E-state index is 12.5. The third-order valence-electron chi connectivity index (χ3n) is 4.86. The molecule has 0 aliphatic carbocycles. The highest BCUT2D eigenvalue weighted by atomic mass is 16.2. The van der Waals surface area contributed by atoms with Crippen molar-refractivity contribution in [3.63, 3.8) is 0 Å². The number of hydrogen-bond donors (Lipinski definition) is 2. The zero-order valence-electron chi connectivity index (χ0n) is 14.0. The number of hydrogen-bond acceptors (Lipinski definition) is 3. The molecule has 2 heterocycles. The fourth-order valence-corrected chi connectivity index (χ4v) is 3.66. The highest BCUT2D eigenvalue weighted by molar-refractivity contribution is 5.90. The zero-order valence-corrected chi connectivity index (χ0v) is 14.0. The van der Waals surface area contributed by atoms with E-state index in [0.29, 0.717) is 13.0 Å². The van der Waals surface area contributed by atoms with Crippen molar-refractivity contribution in [2.24, 2.45) is 11.7 Å². The van der Waals surface area contributed by atoms with Crippen LogP contribution in [-0.2, 0) is 4.79 Å². The van der Waals surface area contributed by atoms with Crippen molar-refractivity contribution >= 4 is 23.3 Å². The lowest BCUT2D eigenvalue weighted by Gasteiger charge is -2.32. The van der Waals surface area contributed by atoms with Crippen LogP contribution >= 0.6 is 0 Å². The minimum absolute atomic E-state index is 0.0947. The van der Waals surface area contributed by atoms with Crippen molar-refractivity contribution < 1.29 is 9.59 Å². The summed E-state index contributed by atoms with van der Waals surface area (Å²) < 4.78 is 0. The third kappa shape index (κ3) is 4.19. The summed E-state index contributed by atoms with van der Waals surface area (Å²) in [5.41, 5.74) is 7.27. The first-order valence-electron chi connectivity index (χ1n) is 8.81. The normalized spacial score (nSPS) is 20.9.